The quantitative estimate of drug-likeness (QED) is 0.179. The lowest BCUT2D eigenvalue weighted by molar-refractivity contribution is 0.0953. The van der Waals surface area contributed by atoms with Crippen molar-refractivity contribution in [2.24, 2.45) is 0 Å². The predicted octanol–water partition coefficient (Wildman–Crippen LogP) is 6.90. The van der Waals surface area contributed by atoms with Crippen molar-refractivity contribution in [2.45, 2.75) is 90.1 Å². The number of nitrogens with zero attached hydrogens (tertiary/aromatic N) is 4. The average Bonchev–Trinajstić information content (AvgIpc) is 3.42. The van der Waals surface area contributed by atoms with Gasteiger partial charge in [-0.2, -0.15) is 5.10 Å². The van der Waals surface area contributed by atoms with Crippen molar-refractivity contribution in [1.29, 1.82) is 0 Å². The molecule has 9 heteroatoms. The molecule has 0 unspecified atom stereocenters. The molecule has 0 atom stereocenters. The van der Waals surface area contributed by atoms with Crippen molar-refractivity contribution in [3.05, 3.63) is 52.4 Å². The first kappa shape index (κ1) is 27.8. The molecular formula is C32H40ClN7O. The Morgan fingerprint density at radius 2 is 1.83 bits per heavy atom. The molecule has 6 rings (SSSR count). The zero-order valence-electron chi connectivity index (χ0n) is 23.9. The number of hydrogen-bond acceptors (Lipinski definition) is 6. The molecule has 3 aromatic heterocycles. The first-order valence-corrected chi connectivity index (χ1v) is 15.7. The maximum Gasteiger partial charge on any atom is 0.254 e. The summed E-state index contributed by atoms with van der Waals surface area (Å²) in [7, 11) is 0. The fourth-order valence-electron chi connectivity index (χ4n) is 6.40. The molecule has 3 heterocycles. The number of pyridine rings is 2. The Balaban J connectivity index is 1.09. The van der Waals surface area contributed by atoms with Crippen LogP contribution in [0, 0.1) is 0 Å². The van der Waals surface area contributed by atoms with Crippen LogP contribution in [0.1, 0.15) is 86.3 Å². The van der Waals surface area contributed by atoms with Crippen LogP contribution in [0.4, 0.5) is 11.4 Å². The zero-order chi connectivity index (χ0) is 28.2. The third-order valence-electron chi connectivity index (χ3n) is 8.58. The highest BCUT2D eigenvalue weighted by Gasteiger charge is 2.22. The van der Waals surface area contributed by atoms with E-state index < -0.39 is 0 Å². The molecule has 0 spiro atoms. The monoisotopic (exact) mass is 573 g/mol. The molecule has 2 aliphatic carbocycles. The zero-order valence-corrected chi connectivity index (χ0v) is 24.7. The average molecular weight is 574 g/mol. The van der Waals surface area contributed by atoms with E-state index in [9.17, 15) is 4.79 Å². The summed E-state index contributed by atoms with van der Waals surface area (Å²) in [4.78, 5) is 22.9. The second-order valence-corrected chi connectivity index (χ2v) is 11.8. The van der Waals surface area contributed by atoms with Gasteiger partial charge in [-0.25, -0.2) is 9.67 Å². The van der Waals surface area contributed by atoms with Crippen molar-refractivity contribution >= 4 is 50.8 Å². The van der Waals surface area contributed by atoms with Crippen LogP contribution in [0.25, 0.3) is 21.9 Å². The molecule has 1 saturated carbocycles. The van der Waals surface area contributed by atoms with E-state index in [0.717, 1.165) is 79.2 Å². The molecule has 4 aromatic rings. The lowest BCUT2D eigenvalue weighted by atomic mass is 9.92. The van der Waals surface area contributed by atoms with E-state index in [1.807, 2.05) is 23.0 Å². The fraction of sp³-hybridized carbons (Fsp3) is 0.500. The molecule has 8 nitrogen and oxygen atoms in total. The van der Waals surface area contributed by atoms with E-state index in [0.29, 0.717) is 23.2 Å². The second-order valence-electron chi connectivity index (χ2n) is 11.4. The van der Waals surface area contributed by atoms with Gasteiger partial charge in [0.15, 0.2) is 5.65 Å². The molecule has 0 saturated heterocycles. The number of amides is 1. The highest BCUT2D eigenvalue weighted by atomic mass is 35.5. The number of benzene rings is 1. The van der Waals surface area contributed by atoms with Gasteiger partial charge in [-0.05, 0) is 82.1 Å². The van der Waals surface area contributed by atoms with E-state index in [1.165, 1.54) is 49.0 Å². The van der Waals surface area contributed by atoms with Gasteiger partial charge in [0.25, 0.3) is 5.91 Å². The third-order valence-corrected chi connectivity index (χ3v) is 8.82. The van der Waals surface area contributed by atoms with Gasteiger partial charge < -0.3 is 16.0 Å². The minimum absolute atomic E-state index is 0.0824. The second kappa shape index (κ2) is 12.6. The SMILES string of the molecule is CCn1ncc2c(NC3CCCCC3)c(C(=O)NCCCCNc3c4c(nc5cc(Cl)ccc35)CCCC4)cnc21. The van der Waals surface area contributed by atoms with Crippen LogP contribution in [-0.4, -0.2) is 44.8 Å². The van der Waals surface area contributed by atoms with Crippen LogP contribution in [0.2, 0.25) is 5.02 Å². The van der Waals surface area contributed by atoms with Crippen molar-refractivity contribution in [2.75, 3.05) is 23.7 Å². The normalized spacial score (nSPS) is 15.7. The number of aromatic nitrogens is 4. The van der Waals surface area contributed by atoms with E-state index in [-0.39, 0.29) is 5.91 Å². The van der Waals surface area contributed by atoms with Crippen molar-refractivity contribution in [1.82, 2.24) is 25.1 Å². The smallest absolute Gasteiger partial charge is 0.254 e. The summed E-state index contributed by atoms with van der Waals surface area (Å²) < 4.78 is 1.88. The van der Waals surface area contributed by atoms with Crippen LogP contribution in [0.5, 0.6) is 0 Å². The first-order chi connectivity index (χ1) is 20.1. The topological polar surface area (TPSA) is 96.8 Å². The number of carbonyl (C=O) groups is 1. The summed E-state index contributed by atoms with van der Waals surface area (Å²) in [6.45, 7) is 4.24. The third kappa shape index (κ3) is 5.98. The molecular weight excluding hydrogens is 534 g/mol. The Morgan fingerprint density at radius 3 is 2.68 bits per heavy atom. The van der Waals surface area contributed by atoms with Gasteiger partial charge in [0, 0.05) is 53.7 Å². The number of unbranched alkanes of at least 4 members (excludes halogenated alkanes) is 1. The van der Waals surface area contributed by atoms with E-state index >= 15 is 0 Å². The van der Waals surface area contributed by atoms with Gasteiger partial charge >= 0.3 is 0 Å². The van der Waals surface area contributed by atoms with E-state index in [2.05, 4.69) is 39.0 Å². The number of fused-ring (bicyclic) bond motifs is 3. The summed E-state index contributed by atoms with van der Waals surface area (Å²) in [5.41, 5.74) is 7.01. The highest BCUT2D eigenvalue weighted by molar-refractivity contribution is 6.31. The largest absolute Gasteiger partial charge is 0.384 e. The molecule has 2 aliphatic rings. The summed E-state index contributed by atoms with van der Waals surface area (Å²) in [6.07, 6.45) is 15.8. The Labute approximate surface area is 246 Å². The van der Waals surface area contributed by atoms with E-state index in [4.69, 9.17) is 16.6 Å². The lowest BCUT2D eigenvalue weighted by Gasteiger charge is -2.25. The minimum Gasteiger partial charge on any atom is -0.384 e. The number of halogens is 1. The van der Waals surface area contributed by atoms with Crippen LogP contribution in [0.15, 0.2) is 30.6 Å². The Kier molecular flexibility index (Phi) is 8.56. The molecule has 0 aliphatic heterocycles. The Bertz CT molecular complexity index is 1540. The molecule has 1 amide bonds. The summed E-state index contributed by atoms with van der Waals surface area (Å²) in [6, 6.07) is 6.36. The summed E-state index contributed by atoms with van der Waals surface area (Å²) in [5.74, 6) is -0.0824. The van der Waals surface area contributed by atoms with E-state index in [1.54, 1.807) is 6.20 Å². The molecule has 0 bridgehead atoms. The van der Waals surface area contributed by atoms with Crippen LogP contribution in [-0.2, 0) is 19.4 Å². The van der Waals surface area contributed by atoms with Gasteiger partial charge in [-0.1, -0.05) is 30.9 Å². The van der Waals surface area contributed by atoms with Gasteiger partial charge in [-0.3, -0.25) is 9.78 Å². The molecule has 0 radical (unpaired) electrons. The molecule has 41 heavy (non-hydrogen) atoms. The number of aryl methyl sites for hydroxylation is 2. The number of carbonyl (C=O) groups excluding carboxylic acids is 1. The van der Waals surface area contributed by atoms with Crippen molar-refractivity contribution in [3.8, 4) is 0 Å². The summed E-state index contributed by atoms with van der Waals surface area (Å²) in [5, 5.41) is 17.8. The first-order valence-electron chi connectivity index (χ1n) is 15.4. The number of hydrogen-bond donors (Lipinski definition) is 3. The van der Waals surface area contributed by atoms with Gasteiger partial charge in [0.1, 0.15) is 0 Å². The highest BCUT2D eigenvalue weighted by Crippen LogP contribution is 2.34. The maximum absolute atomic E-state index is 13.4. The molecule has 1 aromatic carbocycles. The Hall–Kier alpha value is -3.39. The summed E-state index contributed by atoms with van der Waals surface area (Å²) >= 11 is 6.27. The minimum atomic E-state index is -0.0824. The number of anilines is 2. The van der Waals surface area contributed by atoms with Crippen LogP contribution >= 0.6 is 11.6 Å². The lowest BCUT2D eigenvalue weighted by Crippen LogP contribution is -2.28. The molecule has 3 N–H and O–H groups in total. The van der Waals surface area contributed by atoms with Gasteiger partial charge in [0.2, 0.25) is 0 Å². The van der Waals surface area contributed by atoms with Gasteiger partial charge in [-0.15, -0.1) is 0 Å². The standard InChI is InChI=1S/C32H40ClN7O/c1-2-40-31-25(20-37-40)30(38-22-10-4-3-5-11-22)26(19-36-31)32(41)35-17-9-8-16-34-29-23-12-6-7-13-27(23)39-28-18-21(33)14-15-24(28)29/h14-15,18-20,22H,2-13,16-17H2,1H3,(H,34,39)(H,35,41)(H,36,38). The number of rotatable bonds is 10. The Morgan fingerprint density at radius 1 is 1.00 bits per heavy atom. The van der Waals surface area contributed by atoms with Gasteiger partial charge in [0.05, 0.1) is 28.4 Å². The van der Waals surface area contributed by atoms with Crippen molar-refractivity contribution < 1.29 is 4.79 Å². The van der Waals surface area contributed by atoms with Crippen LogP contribution in [0.3, 0.4) is 0 Å². The fourth-order valence-corrected chi connectivity index (χ4v) is 6.56. The molecule has 1 fully saturated rings. The predicted molar refractivity (Wildman–Crippen MR) is 167 cm³/mol. The van der Waals surface area contributed by atoms with Crippen molar-refractivity contribution in [3.63, 3.8) is 0 Å². The number of nitrogens with one attached hydrogen (secondary N) is 3. The molecule has 216 valence electrons. The maximum atomic E-state index is 13.4. The van der Waals surface area contributed by atoms with Crippen LogP contribution < -0.4 is 16.0 Å².